The molecular formula is C27H62O2P2+2. The van der Waals surface area contributed by atoms with Crippen molar-refractivity contribution in [3.63, 3.8) is 0 Å². The van der Waals surface area contributed by atoms with Gasteiger partial charge in [0.15, 0.2) is 0 Å². The lowest BCUT2D eigenvalue weighted by molar-refractivity contribution is 0.295. The summed E-state index contributed by atoms with van der Waals surface area (Å²) in [6.45, 7) is 14.6. The smallest absolute Gasteiger partial charge is 0.0616 e. The largest absolute Gasteiger partial charge is 0.396 e. The summed E-state index contributed by atoms with van der Waals surface area (Å²) in [5.74, 6) is 0. The second-order valence-corrected chi connectivity index (χ2v) is 18.6. The molecule has 0 saturated heterocycles. The van der Waals surface area contributed by atoms with E-state index in [0.29, 0.717) is 13.2 Å². The van der Waals surface area contributed by atoms with Crippen molar-refractivity contribution in [2.45, 2.75) is 112 Å². The molecule has 0 aliphatic carbocycles. The van der Waals surface area contributed by atoms with Gasteiger partial charge in [-0.3, -0.25) is 0 Å². The van der Waals surface area contributed by atoms with Gasteiger partial charge in [-0.15, -0.1) is 0 Å². The first-order chi connectivity index (χ1) is 15.0. The van der Waals surface area contributed by atoms with Crippen LogP contribution in [0.1, 0.15) is 112 Å². The zero-order valence-electron chi connectivity index (χ0n) is 22.6. The van der Waals surface area contributed by atoms with E-state index in [-0.39, 0.29) is 0 Å². The molecule has 31 heavy (non-hydrogen) atoms. The standard InChI is InChI=1S/C15H34OP.C12H28OP/c1-4-7-12-17(13-8-5-2,14-9-6-3)15-10-11-16;1-4-9-14(10-5-2,11-6-3)12-7-8-13/h16H,4-15H2,1-3H3;13H,4-12H2,1-3H3/q2*+1. The molecule has 0 spiro atoms. The first-order valence-corrected chi connectivity index (χ1v) is 19.0. The summed E-state index contributed by atoms with van der Waals surface area (Å²) in [6, 6.07) is 0. The third-order valence-corrected chi connectivity index (χ3v) is 17.1. The lowest BCUT2D eigenvalue weighted by atomic mass is 10.4. The van der Waals surface area contributed by atoms with E-state index >= 15 is 0 Å². The highest BCUT2D eigenvalue weighted by Crippen LogP contribution is 2.61. The molecule has 0 aromatic carbocycles. The number of rotatable bonds is 21. The molecule has 4 heteroatoms. The summed E-state index contributed by atoms with van der Waals surface area (Å²) in [5.41, 5.74) is 0. The summed E-state index contributed by atoms with van der Waals surface area (Å²) in [4.78, 5) is 0. The number of unbranched alkanes of at least 4 members (excludes halogenated alkanes) is 3. The topological polar surface area (TPSA) is 40.5 Å². The van der Waals surface area contributed by atoms with Crippen LogP contribution in [0.3, 0.4) is 0 Å². The Balaban J connectivity index is 0. The molecule has 0 aliphatic rings. The number of hydrogen-bond acceptors (Lipinski definition) is 2. The number of hydrogen-bond donors (Lipinski definition) is 2. The Morgan fingerprint density at radius 1 is 0.355 bits per heavy atom. The fraction of sp³-hybridized carbons (Fsp3) is 1.00. The molecule has 0 atom stereocenters. The molecule has 0 aromatic rings. The van der Waals surface area contributed by atoms with Crippen molar-refractivity contribution in [3.8, 4) is 0 Å². The van der Waals surface area contributed by atoms with Gasteiger partial charge in [0.05, 0.1) is 49.3 Å². The Labute approximate surface area is 199 Å². The van der Waals surface area contributed by atoms with Crippen LogP contribution in [-0.4, -0.2) is 72.7 Å². The van der Waals surface area contributed by atoms with Crippen LogP contribution in [0, 0.1) is 0 Å². The predicted octanol–water partition coefficient (Wildman–Crippen LogP) is 8.40. The highest BCUT2D eigenvalue weighted by molar-refractivity contribution is 7.76. The molecule has 0 unspecified atom stereocenters. The van der Waals surface area contributed by atoms with Crippen molar-refractivity contribution < 1.29 is 10.2 Å². The SMILES string of the molecule is CCCC[P+](CCCC)(CCCC)CCCO.CCC[P+](CCC)(CCC)CCCO. The van der Waals surface area contributed by atoms with Crippen LogP contribution in [0.15, 0.2) is 0 Å². The average Bonchev–Trinajstić information content (AvgIpc) is 2.78. The van der Waals surface area contributed by atoms with Crippen molar-refractivity contribution in [1.82, 2.24) is 0 Å². The zero-order valence-corrected chi connectivity index (χ0v) is 24.4. The normalized spacial score (nSPS) is 12.0. The minimum absolute atomic E-state index is 0.388. The van der Waals surface area contributed by atoms with E-state index in [0.717, 1.165) is 12.8 Å². The minimum Gasteiger partial charge on any atom is -0.396 e. The van der Waals surface area contributed by atoms with Crippen LogP contribution in [0.4, 0.5) is 0 Å². The van der Waals surface area contributed by atoms with E-state index in [2.05, 4.69) is 41.5 Å². The number of aliphatic hydroxyl groups is 2. The summed E-state index contributed by atoms with van der Waals surface area (Å²) >= 11 is 0. The van der Waals surface area contributed by atoms with E-state index in [1.807, 2.05) is 0 Å². The Hall–Kier alpha value is 0.780. The first-order valence-electron chi connectivity index (χ1n) is 13.9. The molecule has 0 radical (unpaired) electrons. The van der Waals surface area contributed by atoms with Crippen molar-refractivity contribution in [1.29, 1.82) is 0 Å². The van der Waals surface area contributed by atoms with Crippen molar-refractivity contribution in [3.05, 3.63) is 0 Å². The van der Waals surface area contributed by atoms with Gasteiger partial charge in [-0.05, 0) is 38.5 Å². The third kappa shape index (κ3) is 17.9. The maximum Gasteiger partial charge on any atom is 0.0616 e. The molecule has 0 aliphatic heterocycles. The van der Waals surface area contributed by atoms with Gasteiger partial charge < -0.3 is 10.2 Å². The van der Waals surface area contributed by atoms with Gasteiger partial charge in [-0.25, -0.2) is 0 Å². The van der Waals surface area contributed by atoms with Gasteiger partial charge in [0.2, 0.25) is 0 Å². The molecule has 0 amide bonds. The first kappa shape index (κ1) is 34.0. The lowest BCUT2D eigenvalue weighted by Crippen LogP contribution is -2.13. The van der Waals surface area contributed by atoms with Crippen molar-refractivity contribution in [2.24, 2.45) is 0 Å². The molecule has 190 valence electrons. The van der Waals surface area contributed by atoms with Crippen LogP contribution in [0.25, 0.3) is 0 Å². The molecule has 0 saturated carbocycles. The zero-order chi connectivity index (χ0) is 23.8. The summed E-state index contributed by atoms with van der Waals surface area (Å²) in [5, 5.41) is 18.1. The molecule has 0 heterocycles. The molecule has 0 aromatic heterocycles. The van der Waals surface area contributed by atoms with E-state index in [9.17, 15) is 0 Å². The van der Waals surface area contributed by atoms with Gasteiger partial charge in [0, 0.05) is 40.6 Å². The average molecular weight is 481 g/mol. The molecule has 0 rings (SSSR count). The molecule has 2 N–H and O–H groups in total. The minimum atomic E-state index is -0.722. The lowest BCUT2D eigenvalue weighted by Gasteiger charge is -2.27. The van der Waals surface area contributed by atoms with Crippen molar-refractivity contribution in [2.75, 3.05) is 62.5 Å². The molecule has 0 fully saturated rings. The van der Waals surface area contributed by atoms with E-state index in [1.165, 1.54) is 107 Å². The van der Waals surface area contributed by atoms with Crippen LogP contribution in [0.2, 0.25) is 0 Å². The molecule has 0 bridgehead atoms. The maximum absolute atomic E-state index is 9.12. The highest BCUT2D eigenvalue weighted by Gasteiger charge is 2.35. The summed E-state index contributed by atoms with van der Waals surface area (Å²) < 4.78 is 0. The third-order valence-electron chi connectivity index (χ3n) is 6.63. The number of aliphatic hydroxyl groups excluding tert-OH is 2. The summed E-state index contributed by atoms with van der Waals surface area (Å²) in [7, 11) is -1.39. The molecule has 2 nitrogen and oxygen atoms in total. The van der Waals surface area contributed by atoms with Gasteiger partial charge in [-0.1, -0.05) is 60.8 Å². The van der Waals surface area contributed by atoms with Gasteiger partial charge in [0.1, 0.15) is 0 Å². The van der Waals surface area contributed by atoms with Crippen LogP contribution < -0.4 is 0 Å². The second kappa shape index (κ2) is 23.9. The Morgan fingerprint density at radius 3 is 0.839 bits per heavy atom. The highest BCUT2D eigenvalue weighted by atomic mass is 31.2. The molecular weight excluding hydrogens is 418 g/mol. The van der Waals surface area contributed by atoms with E-state index in [4.69, 9.17) is 10.2 Å². The van der Waals surface area contributed by atoms with Gasteiger partial charge in [0.25, 0.3) is 0 Å². The second-order valence-electron chi connectivity index (χ2n) is 9.69. The predicted molar refractivity (Wildman–Crippen MR) is 152 cm³/mol. The fourth-order valence-corrected chi connectivity index (χ4v) is 15.2. The van der Waals surface area contributed by atoms with E-state index < -0.39 is 14.5 Å². The fourth-order valence-electron chi connectivity index (χ4n) is 5.06. The van der Waals surface area contributed by atoms with Crippen LogP contribution in [0.5, 0.6) is 0 Å². The maximum atomic E-state index is 9.12. The summed E-state index contributed by atoms with van der Waals surface area (Å²) in [6.07, 6.45) is 25.8. The monoisotopic (exact) mass is 480 g/mol. The van der Waals surface area contributed by atoms with Crippen LogP contribution in [-0.2, 0) is 0 Å². The van der Waals surface area contributed by atoms with Gasteiger partial charge in [-0.2, -0.15) is 0 Å². The quantitative estimate of drug-likeness (QED) is 0.162. The van der Waals surface area contributed by atoms with Crippen molar-refractivity contribution >= 4 is 14.5 Å². The Kier molecular flexibility index (Phi) is 26.2. The van der Waals surface area contributed by atoms with Crippen LogP contribution >= 0.6 is 14.5 Å². The Morgan fingerprint density at radius 2 is 0.613 bits per heavy atom. The van der Waals surface area contributed by atoms with E-state index in [1.54, 1.807) is 0 Å². The Bertz CT molecular complexity index is 296. The van der Waals surface area contributed by atoms with Gasteiger partial charge >= 0.3 is 0 Å².